The van der Waals surface area contributed by atoms with Crippen LogP contribution in [0.25, 0.3) is 0 Å². The van der Waals surface area contributed by atoms with Gasteiger partial charge in [0, 0.05) is 22.9 Å². The van der Waals surface area contributed by atoms with E-state index in [0.717, 1.165) is 25.0 Å². The molecule has 5 rings (SSSR count). The van der Waals surface area contributed by atoms with E-state index in [0.29, 0.717) is 18.5 Å². The van der Waals surface area contributed by atoms with Gasteiger partial charge in [-0.1, -0.05) is 5.16 Å². The topological polar surface area (TPSA) is 73.6 Å². The largest absolute Gasteiger partial charge is 0.522 e. The number of hydrogen-bond donors (Lipinski definition) is 1. The van der Waals surface area contributed by atoms with E-state index in [1.165, 1.54) is 0 Å². The molecule has 0 radical (unpaired) electrons. The summed E-state index contributed by atoms with van der Waals surface area (Å²) in [6.45, 7) is 5.45. The molecule has 1 aromatic rings. The Morgan fingerprint density at radius 3 is 2.44 bits per heavy atom. The molecule has 4 fully saturated rings. The highest BCUT2D eigenvalue weighted by atomic mass is 19.4. The maximum atomic E-state index is 12.2. The second-order valence-corrected chi connectivity index (χ2v) is 9.19. The highest BCUT2D eigenvalue weighted by molar-refractivity contribution is 5.70. The van der Waals surface area contributed by atoms with Crippen molar-refractivity contribution in [1.82, 2.24) is 10.5 Å². The fraction of sp³-hybridized carbons (Fsp3) is 0.778. The molecule has 0 aliphatic heterocycles. The molecule has 4 aliphatic carbocycles. The number of alkyl carbamates (subject to hydrolysis) is 1. The average molecular weight is 388 g/mol. The smallest absolute Gasteiger partial charge is 0.444 e. The molecule has 0 aromatic carbocycles. The minimum absolute atomic E-state index is 0.0592. The third kappa shape index (κ3) is 3.53. The van der Waals surface area contributed by atoms with Gasteiger partial charge in [-0.2, -0.15) is 0 Å². The second-order valence-electron chi connectivity index (χ2n) is 9.19. The molecule has 27 heavy (non-hydrogen) atoms. The maximum Gasteiger partial charge on any atom is 0.522 e. The quantitative estimate of drug-likeness (QED) is 0.839. The molecule has 1 aromatic heterocycles. The minimum atomic E-state index is -4.59. The van der Waals surface area contributed by atoms with Gasteiger partial charge in [-0.15, -0.1) is 13.2 Å². The van der Waals surface area contributed by atoms with Crippen molar-refractivity contribution in [3.63, 3.8) is 0 Å². The number of ether oxygens (including phenoxy) is 2. The zero-order valence-electron chi connectivity index (χ0n) is 15.5. The third-order valence-electron chi connectivity index (χ3n) is 5.66. The highest BCUT2D eigenvalue weighted by Gasteiger charge is 2.71. The molecule has 4 saturated carbocycles. The molecule has 1 amide bonds. The van der Waals surface area contributed by atoms with Crippen molar-refractivity contribution in [2.45, 2.75) is 87.8 Å². The Hall–Kier alpha value is -1.77. The predicted octanol–water partition coefficient (Wildman–Crippen LogP) is 4.16. The third-order valence-corrected chi connectivity index (χ3v) is 5.66. The molecular weight excluding hydrogens is 365 g/mol. The summed E-state index contributed by atoms with van der Waals surface area (Å²) in [5.41, 5.74) is -0.212. The molecule has 1 N–H and O–H groups in total. The number of nitrogens with one attached hydrogen (secondary N) is 1. The van der Waals surface area contributed by atoms with Crippen molar-refractivity contribution < 1.29 is 32.0 Å². The molecule has 0 saturated heterocycles. The fourth-order valence-corrected chi connectivity index (χ4v) is 4.53. The molecular formula is C18H23F3N2O4. The lowest BCUT2D eigenvalue weighted by Gasteiger charge is -2.68. The number of alkyl halides is 3. The van der Waals surface area contributed by atoms with Crippen LogP contribution in [0.5, 0.6) is 0 Å². The number of nitrogens with zero attached hydrogens (tertiary/aromatic N) is 1. The van der Waals surface area contributed by atoms with Crippen LogP contribution in [0.1, 0.15) is 70.2 Å². The Morgan fingerprint density at radius 2 is 1.89 bits per heavy atom. The molecule has 1 heterocycles. The van der Waals surface area contributed by atoms with E-state index < -0.39 is 24.2 Å². The van der Waals surface area contributed by atoms with Gasteiger partial charge in [0.1, 0.15) is 11.4 Å². The first-order valence-electron chi connectivity index (χ1n) is 9.10. The predicted molar refractivity (Wildman–Crippen MR) is 87.0 cm³/mol. The summed E-state index contributed by atoms with van der Waals surface area (Å²) >= 11 is 0. The van der Waals surface area contributed by atoms with E-state index in [4.69, 9.17) is 9.26 Å². The van der Waals surface area contributed by atoms with Crippen LogP contribution < -0.4 is 5.32 Å². The van der Waals surface area contributed by atoms with Gasteiger partial charge in [0.2, 0.25) is 0 Å². The van der Waals surface area contributed by atoms with Crippen LogP contribution in [-0.4, -0.2) is 34.9 Å². The van der Waals surface area contributed by atoms with Gasteiger partial charge in [0.15, 0.2) is 0 Å². The number of amides is 1. The summed E-state index contributed by atoms with van der Waals surface area (Å²) in [7, 11) is 0. The first-order valence-corrected chi connectivity index (χ1v) is 9.10. The summed E-state index contributed by atoms with van der Waals surface area (Å²) in [5, 5.41) is 6.99. The van der Waals surface area contributed by atoms with E-state index in [-0.39, 0.29) is 16.9 Å². The van der Waals surface area contributed by atoms with Crippen LogP contribution in [-0.2, 0) is 14.9 Å². The number of rotatable bonds is 4. The number of hydrogen-bond acceptors (Lipinski definition) is 5. The van der Waals surface area contributed by atoms with Gasteiger partial charge < -0.3 is 14.6 Å². The van der Waals surface area contributed by atoms with Crippen molar-refractivity contribution >= 4 is 6.09 Å². The van der Waals surface area contributed by atoms with Crippen LogP contribution in [0.3, 0.4) is 0 Å². The van der Waals surface area contributed by atoms with Crippen molar-refractivity contribution in [3.05, 3.63) is 17.5 Å². The van der Waals surface area contributed by atoms with E-state index in [2.05, 4.69) is 15.2 Å². The molecule has 150 valence electrons. The summed E-state index contributed by atoms with van der Waals surface area (Å²) in [4.78, 5) is 11.9. The Balaban J connectivity index is 1.28. The Labute approximate surface area is 154 Å². The minimum Gasteiger partial charge on any atom is -0.444 e. The Kier molecular flexibility index (Phi) is 3.87. The number of halogens is 3. The first-order chi connectivity index (χ1) is 12.4. The first kappa shape index (κ1) is 18.6. The van der Waals surface area contributed by atoms with Gasteiger partial charge in [-0.05, 0) is 52.9 Å². The fourth-order valence-electron chi connectivity index (χ4n) is 4.53. The van der Waals surface area contributed by atoms with Crippen LogP contribution in [0.15, 0.2) is 10.6 Å². The van der Waals surface area contributed by atoms with E-state index >= 15 is 0 Å². The molecule has 0 unspecified atom stereocenters. The molecule has 6 nitrogen and oxygen atoms in total. The van der Waals surface area contributed by atoms with E-state index in [1.54, 1.807) is 0 Å². The van der Waals surface area contributed by atoms with Crippen molar-refractivity contribution in [1.29, 1.82) is 0 Å². The standard InChI is InChI=1S/C18H23F3N2O4/c1-15(2,3)26-14(24)22-17-7-16(8-17,9-17)13-6-12(23-27-13)10-4-11(5-10)25-18(19,20)21/h6,10-11H,4-5,7-9H2,1-3H3,(H,22,24)/t10-,11+,16?,17?. The average Bonchev–Trinajstić information content (AvgIpc) is 2.81. The van der Waals surface area contributed by atoms with Gasteiger partial charge in [0.25, 0.3) is 0 Å². The van der Waals surface area contributed by atoms with Gasteiger partial charge in [-0.25, -0.2) is 4.79 Å². The van der Waals surface area contributed by atoms with Gasteiger partial charge >= 0.3 is 12.5 Å². The molecule has 4 aliphatic rings. The lowest BCUT2D eigenvalue weighted by Crippen LogP contribution is -2.76. The summed E-state index contributed by atoms with van der Waals surface area (Å²) in [5.74, 6) is 0.696. The van der Waals surface area contributed by atoms with Crippen LogP contribution in [0.2, 0.25) is 0 Å². The second kappa shape index (κ2) is 5.62. The van der Waals surface area contributed by atoms with E-state index in [9.17, 15) is 18.0 Å². The Bertz CT molecular complexity index is 727. The van der Waals surface area contributed by atoms with Crippen molar-refractivity contribution in [2.75, 3.05) is 0 Å². The van der Waals surface area contributed by atoms with E-state index in [1.807, 2.05) is 26.8 Å². The number of aromatic nitrogens is 1. The van der Waals surface area contributed by atoms with Gasteiger partial charge in [-0.3, -0.25) is 4.74 Å². The monoisotopic (exact) mass is 388 g/mol. The summed E-state index contributed by atoms with van der Waals surface area (Å²) < 4.78 is 51.4. The zero-order chi connectivity index (χ0) is 19.7. The number of carbonyl (C=O) groups is 1. The van der Waals surface area contributed by atoms with Crippen LogP contribution in [0.4, 0.5) is 18.0 Å². The highest BCUT2D eigenvalue weighted by Crippen LogP contribution is 2.68. The van der Waals surface area contributed by atoms with Crippen molar-refractivity contribution in [2.24, 2.45) is 0 Å². The molecule has 9 heteroatoms. The maximum absolute atomic E-state index is 12.2. The zero-order valence-corrected chi connectivity index (χ0v) is 15.5. The molecule has 0 atom stereocenters. The summed E-state index contributed by atoms with van der Waals surface area (Å²) in [6.07, 6.45) is -2.93. The van der Waals surface area contributed by atoms with Crippen molar-refractivity contribution in [3.8, 4) is 0 Å². The lowest BCUT2D eigenvalue weighted by molar-refractivity contribution is -0.351. The normalized spacial score (nSPS) is 34.9. The molecule has 2 bridgehead atoms. The lowest BCUT2D eigenvalue weighted by atomic mass is 9.38. The number of carbonyl (C=O) groups excluding carboxylic acids is 1. The van der Waals surface area contributed by atoms with Gasteiger partial charge in [0.05, 0.1) is 11.8 Å². The molecule has 0 spiro atoms. The van der Waals surface area contributed by atoms with Crippen LogP contribution in [0, 0.1) is 0 Å². The van der Waals surface area contributed by atoms with Crippen LogP contribution >= 0.6 is 0 Å². The summed E-state index contributed by atoms with van der Waals surface area (Å²) in [6, 6.07) is 1.85. The SMILES string of the molecule is CC(C)(C)OC(=O)NC12CC(c3cc([C@H]4C[C@@H](OC(F)(F)F)C4)no3)(C1)C2. The Morgan fingerprint density at radius 1 is 1.26 bits per heavy atom.